The first-order valence-electron chi connectivity index (χ1n) is 11.3. The van der Waals surface area contributed by atoms with Crippen molar-refractivity contribution in [3.8, 4) is 0 Å². The number of carbonyl (C=O) groups excluding carboxylic acids is 1. The minimum Gasteiger partial charge on any atom is -0.336 e. The van der Waals surface area contributed by atoms with Gasteiger partial charge in [0.05, 0.1) is 4.90 Å². The Bertz CT molecular complexity index is 1250. The van der Waals surface area contributed by atoms with E-state index in [0.29, 0.717) is 24.3 Å². The molecule has 0 aliphatic carbocycles. The number of nitrogens with one attached hydrogen (secondary N) is 1. The quantitative estimate of drug-likeness (QED) is 0.554. The van der Waals surface area contributed by atoms with E-state index in [-0.39, 0.29) is 10.8 Å². The lowest BCUT2D eigenvalue weighted by molar-refractivity contribution is 0.0650. The van der Waals surface area contributed by atoms with Gasteiger partial charge in [-0.05, 0) is 42.8 Å². The van der Waals surface area contributed by atoms with E-state index in [0.717, 1.165) is 25.2 Å². The maximum absolute atomic E-state index is 13.0. The Morgan fingerprint density at radius 3 is 2.32 bits per heavy atom. The summed E-state index contributed by atoms with van der Waals surface area (Å²) in [7, 11) is -3.72. The normalized spacial score (nSPS) is 14.9. The van der Waals surface area contributed by atoms with Crippen LogP contribution in [0.4, 0.5) is 5.69 Å². The molecular formula is C27H29N3O3S. The molecule has 4 rings (SSSR count). The fourth-order valence-corrected chi connectivity index (χ4v) is 4.91. The number of anilines is 1. The van der Waals surface area contributed by atoms with Crippen LogP contribution in [-0.4, -0.2) is 56.8 Å². The highest BCUT2D eigenvalue weighted by Crippen LogP contribution is 2.19. The molecule has 0 bridgehead atoms. The number of benzene rings is 3. The summed E-state index contributed by atoms with van der Waals surface area (Å²) in [6.07, 6.45) is 4.26. The van der Waals surface area contributed by atoms with Gasteiger partial charge in [0.15, 0.2) is 0 Å². The molecule has 1 aliphatic rings. The summed E-state index contributed by atoms with van der Waals surface area (Å²) in [5.41, 5.74) is 3.01. The van der Waals surface area contributed by atoms with Crippen LogP contribution in [-0.2, 0) is 10.0 Å². The van der Waals surface area contributed by atoms with Gasteiger partial charge < -0.3 is 4.90 Å². The molecule has 176 valence electrons. The Morgan fingerprint density at radius 2 is 1.62 bits per heavy atom. The average molecular weight is 476 g/mol. The highest BCUT2D eigenvalue weighted by Gasteiger charge is 2.22. The second-order valence-corrected chi connectivity index (χ2v) is 10.1. The van der Waals surface area contributed by atoms with Crippen molar-refractivity contribution in [2.24, 2.45) is 0 Å². The molecule has 0 spiro atoms. The SMILES string of the molecule is Cc1ccc(S(=O)(=O)Nc2cccc(C(=O)N3CCN(C/C=C/c4ccccc4)CC3)c2)cc1. The fraction of sp³-hybridized carbons (Fsp3) is 0.222. The van der Waals surface area contributed by atoms with Gasteiger partial charge in [0.2, 0.25) is 0 Å². The van der Waals surface area contributed by atoms with Crippen molar-refractivity contribution in [2.75, 3.05) is 37.4 Å². The number of hydrogen-bond donors (Lipinski definition) is 1. The third-order valence-corrected chi connectivity index (χ3v) is 7.22. The van der Waals surface area contributed by atoms with Gasteiger partial charge in [-0.25, -0.2) is 8.42 Å². The van der Waals surface area contributed by atoms with E-state index in [9.17, 15) is 13.2 Å². The zero-order chi connectivity index (χ0) is 24.0. The summed E-state index contributed by atoms with van der Waals surface area (Å²) in [5.74, 6) is -0.0872. The Balaban J connectivity index is 1.33. The van der Waals surface area contributed by atoms with Gasteiger partial charge >= 0.3 is 0 Å². The van der Waals surface area contributed by atoms with Crippen LogP contribution < -0.4 is 4.72 Å². The number of rotatable bonds is 7. The van der Waals surface area contributed by atoms with Crippen LogP contribution in [0.2, 0.25) is 0 Å². The number of carbonyl (C=O) groups is 1. The minimum absolute atomic E-state index is 0.0872. The summed E-state index contributed by atoms with van der Waals surface area (Å²) in [5, 5.41) is 0. The van der Waals surface area contributed by atoms with Crippen LogP contribution in [0.25, 0.3) is 6.08 Å². The third kappa shape index (κ3) is 6.12. The molecule has 0 atom stereocenters. The molecule has 1 aliphatic heterocycles. The predicted molar refractivity (Wildman–Crippen MR) is 136 cm³/mol. The molecule has 0 aromatic heterocycles. The molecule has 1 saturated heterocycles. The van der Waals surface area contributed by atoms with E-state index in [2.05, 4.69) is 33.9 Å². The Labute approximate surface area is 201 Å². The zero-order valence-corrected chi connectivity index (χ0v) is 20.0. The standard InChI is InChI=1S/C27H29N3O3S/c1-22-12-14-26(15-13-22)34(32,33)28-25-11-5-10-24(21-25)27(31)30-19-17-29(18-20-30)16-6-9-23-7-3-2-4-8-23/h2-15,21,28H,16-20H2,1H3/b9-6+. The highest BCUT2D eigenvalue weighted by molar-refractivity contribution is 7.92. The maximum Gasteiger partial charge on any atom is 0.261 e. The van der Waals surface area contributed by atoms with Crippen LogP contribution in [0.3, 0.4) is 0 Å². The molecule has 1 amide bonds. The van der Waals surface area contributed by atoms with Crippen LogP contribution in [0.5, 0.6) is 0 Å². The molecule has 0 saturated carbocycles. The number of nitrogens with zero attached hydrogens (tertiary/aromatic N) is 2. The smallest absolute Gasteiger partial charge is 0.261 e. The van der Waals surface area contributed by atoms with Gasteiger partial charge in [-0.15, -0.1) is 0 Å². The van der Waals surface area contributed by atoms with E-state index in [1.165, 1.54) is 5.56 Å². The van der Waals surface area contributed by atoms with Crippen molar-refractivity contribution >= 4 is 27.7 Å². The monoisotopic (exact) mass is 475 g/mol. The average Bonchev–Trinajstić information content (AvgIpc) is 2.85. The second kappa shape index (κ2) is 10.7. The van der Waals surface area contributed by atoms with Crippen molar-refractivity contribution in [3.05, 3.63) is 102 Å². The molecule has 1 N–H and O–H groups in total. The zero-order valence-electron chi connectivity index (χ0n) is 19.2. The molecular weight excluding hydrogens is 446 g/mol. The van der Waals surface area contributed by atoms with Gasteiger partial charge in [0, 0.05) is 44.0 Å². The van der Waals surface area contributed by atoms with E-state index >= 15 is 0 Å². The molecule has 0 radical (unpaired) electrons. The van der Waals surface area contributed by atoms with Gasteiger partial charge in [0.1, 0.15) is 0 Å². The molecule has 1 heterocycles. The first-order valence-corrected chi connectivity index (χ1v) is 12.8. The molecule has 0 unspecified atom stereocenters. The molecule has 7 heteroatoms. The minimum atomic E-state index is -3.72. The first-order chi connectivity index (χ1) is 16.4. The number of aryl methyl sites for hydroxylation is 1. The Kier molecular flexibility index (Phi) is 7.45. The van der Waals surface area contributed by atoms with Gasteiger partial charge in [-0.3, -0.25) is 14.4 Å². The third-order valence-electron chi connectivity index (χ3n) is 5.83. The number of hydrogen-bond acceptors (Lipinski definition) is 4. The molecule has 1 fully saturated rings. The molecule has 3 aromatic carbocycles. The van der Waals surface area contributed by atoms with Gasteiger partial charge in [-0.2, -0.15) is 0 Å². The fourth-order valence-electron chi connectivity index (χ4n) is 3.87. The van der Waals surface area contributed by atoms with E-state index in [1.54, 1.807) is 48.5 Å². The predicted octanol–water partition coefficient (Wildman–Crippen LogP) is 4.27. The van der Waals surface area contributed by atoms with E-state index < -0.39 is 10.0 Å². The van der Waals surface area contributed by atoms with E-state index in [1.807, 2.05) is 30.0 Å². The van der Waals surface area contributed by atoms with Crippen molar-refractivity contribution < 1.29 is 13.2 Å². The van der Waals surface area contributed by atoms with Crippen molar-refractivity contribution in [1.82, 2.24) is 9.80 Å². The number of piperazine rings is 1. The lowest BCUT2D eigenvalue weighted by Gasteiger charge is -2.34. The van der Waals surface area contributed by atoms with Crippen molar-refractivity contribution in [2.45, 2.75) is 11.8 Å². The van der Waals surface area contributed by atoms with Gasteiger partial charge in [0.25, 0.3) is 15.9 Å². The summed E-state index contributed by atoms with van der Waals surface area (Å²) in [4.78, 5) is 17.4. The Morgan fingerprint density at radius 1 is 0.912 bits per heavy atom. The summed E-state index contributed by atoms with van der Waals surface area (Å²) < 4.78 is 28.0. The Hall–Kier alpha value is -3.42. The molecule has 34 heavy (non-hydrogen) atoms. The second-order valence-electron chi connectivity index (χ2n) is 8.41. The lowest BCUT2D eigenvalue weighted by atomic mass is 10.1. The summed E-state index contributed by atoms with van der Waals surface area (Å²) in [6, 6.07) is 23.5. The molecule has 6 nitrogen and oxygen atoms in total. The number of sulfonamides is 1. The van der Waals surface area contributed by atoms with Gasteiger partial charge in [-0.1, -0.05) is 66.2 Å². The van der Waals surface area contributed by atoms with E-state index in [4.69, 9.17) is 0 Å². The van der Waals surface area contributed by atoms with Crippen LogP contribution in [0, 0.1) is 6.92 Å². The van der Waals surface area contributed by atoms with Crippen LogP contribution in [0.1, 0.15) is 21.5 Å². The molecule has 3 aromatic rings. The summed E-state index contributed by atoms with van der Waals surface area (Å²) in [6.45, 7) is 5.61. The highest BCUT2D eigenvalue weighted by atomic mass is 32.2. The van der Waals surface area contributed by atoms with Crippen molar-refractivity contribution in [3.63, 3.8) is 0 Å². The largest absolute Gasteiger partial charge is 0.336 e. The summed E-state index contributed by atoms with van der Waals surface area (Å²) >= 11 is 0. The van der Waals surface area contributed by atoms with Crippen LogP contribution >= 0.6 is 0 Å². The topological polar surface area (TPSA) is 69.7 Å². The first kappa shape index (κ1) is 23.7. The van der Waals surface area contributed by atoms with Crippen molar-refractivity contribution in [1.29, 1.82) is 0 Å². The lowest BCUT2D eigenvalue weighted by Crippen LogP contribution is -2.48. The number of amides is 1. The van der Waals surface area contributed by atoms with Crippen LogP contribution in [0.15, 0.2) is 89.8 Å². The maximum atomic E-state index is 13.0.